The Morgan fingerprint density at radius 2 is 2.20 bits per heavy atom. The smallest absolute Gasteiger partial charge is 0.311 e. The SMILES string of the molecule is COc1ccc(CSCC(=O)NCC2CCN(c3cccc(Br)c3)C2)cc1[N+](=O)[O-]. The number of carbonyl (C=O) groups is 1. The van der Waals surface area contributed by atoms with Gasteiger partial charge in [0.25, 0.3) is 0 Å². The van der Waals surface area contributed by atoms with Gasteiger partial charge in [-0.1, -0.05) is 28.1 Å². The lowest BCUT2D eigenvalue weighted by Gasteiger charge is -2.19. The van der Waals surface area contributed by atoms with E-state index in [0.717, 1.165) is 29.5 Å². The Hall–Kier alpha value is -2.26. The van der Waals surface area contributed by atoms with E-state index in [2.05, 4.69) is 38.3 Å². The molecule has 7 nitrogen and oxygen atoms in total. The largest absolute Gasteiger partial charge is 0.490 e. The number of nitrogens with one attached hydrogen (secondary N) is 1. The topological polar surface area (TPSA) is 84.7 Å². The Morgan fingerprint density at radius 1 is 1.37 bits per heavy atom. The van der Waals surface area contributed by atoms with E-state index in [4.69, 9.17) is 4.74 Å². The molecule has 1 unspecified atom stereocenters. The molecule has 1 aliphatic heterocycles. The van der Waals surface area contributed by atoms with Crippen LogP contribution in [0.1, 0.15) is 12.0 Å². The molecule has 9 heteroatoms. The second-order valence-electron chi connectivity index (χ2n) is 7.14. The van der Waals surface area contributed by atoms with Crippen molar-refractivity contribution in [3.63, 3.8) is 0 Å². The summed E-state index contributed by atoms with van der Waals surface area (Å²) in [4.78, 5) is 25.2. The van der Waals surface area contributed by atoms with Crippen molar-refractivity contribution < 1.29 is 14.5 Å². The van der Waals surface area contributed by atoms with E-state index in [1.54, 1.807) is 12.1 Å². The first-order valence-electron chi connectivity index (χ1n) is 9.62. The van der Waals surface area contributed by atoms with Crippen LogP contribution in [0.15, 0.2) is 46.9 Å². The van der Waals surface area contributed by atoms with Crippen molar-refractivity contribution in [3.8, 4) is 5.75 Å². The van der Waals surface area contributed by atoms with Crippen molar-refractivity contribution in [2.24, 2.45) is 5.92 Å². The van der Waals surface area contributed by atoms with Gasteiger partial charge in [-0.25, -0.2) is 0 Å². The molecule has 1 amide bonds. The molecule has 30 heavy (non-hydrogen) atoms. The molecule has 1 N–H and O–H groups in total. The second kappa shape index (κ2) is 10.7. The minimum atomic E-state index is -0.460. The summed E-state index contributed by atoms with van der Waals surface area (Å²) in [5.41, 5.74) is 1.93. The van der Waals surface area contributed by atoms with Crippen LogP contribution in [0.4, 0.5) is 11.4 Å². The maximum atomic E-state index is 12.2. The highest BCUT2D eigenvalue weighted by molar-refractivity contribution is 9.10. The lowest BCUT2D eigenvalue weighted by Crippen LogP contribution is -2.32. The third-order valence-corrected chi connectivity index (χ3v) is 6.49. The standard InChI is InChI=1S/C21H24BrN3O4S/c1-29-20-6-5-15(9-19(20)25(27)28)13-30-14-21(26)23-11-16-7-8-24(12-16)18-4-2-3-17(22)10-18/h2-6,9-10,16H,7-8,11-14H2,1H3,(H,23,26). The molecule has 2 aromatic rings. The monoisotopic (exact) mass is 493 g/mol. The lowest BCUT2D eigenvalue weighted by molar-refractivity contribution is -0.385. The molecule has 2 aromatic carbocycles. The van der Waals surface area contributed by atoms with E-state index in [-0.39, 0.29) is 17.3 Å². The summed E-state index contributed by atoms with van der Waals surface area (Å²) in [5, 5.41) is 14.1. The Bertz CT molecular complexity index is 912. The van der Waals surface area contributed by atoms with Gasteiger partial charge in [-0.15, -0.1) is 11.8 Å². The van der Waals surface area contributed by atoms with Crippen LogP contribution in [-0.4, -0.2) is 43.3 Å². The van der Waals surface area contributed by atoms with Gasteiger partial charge >= 0.3 is 5.69 Å². The Kier molecular flexibility index (Phi) is 7.98. The molecule has 1 aliphatic rings. The number of hydrogen-bond acceptors (Lipinski definition) is 6. The van der Waals surface area contributed by atoms with Crippen LogP contribution in [0.25, 0.3) is 0 Å². The van der Waals surface area contributed by atoms with E-state index in [1.165, 1.54) is 30.6 Å². The molecule has 0 radical (unpaired) electrons. The normalized spacial score (nSPS) is 15.8. The van der Waals surface area contributed by atoms with Crippen molar-refractivity contribution in [3.05, 3.63) is 62.6 Å². The summed E-state index contributed by atoms with van der Waals surface area (Å²) in [6.45, 7) is 2.58. The van der Waals surface area contributed by atoms with Crippen molar-refractivity contribution >= 4 is 45.0 Å². The van der Waals surface area contributed by atoms with Crippen molar-refractivity contribution in [1.82, 2.24) is 5.32 Å². The zero-order valence-electron chi connectivity index (χ0n) is 16.7. The molecule has 1 fully saturated rings. The number of amides is 1. The summed E-state index contributed by atoms with van der Waals surface area (Å²) < 4.78 is 6.07. The van der Waals surface area contributed by atoms with Gasteiger partial charge in [-0.05, 0) is 42.2 Å². The maximum absolute atomic E-state index is 12.2. The van der Waals surface area contributed by atoms with Gasteiger partial charge in [0.15, 0.2) is 5.75 Å². The fourth-order valence-corrected chi connectivity index (χ4v) is 4.64. The average Bonchev–Trinajstić information content (AvgIpc) is 3.21. The van der Waals surface area contributed by atoms with Crippen molar-refractivity contribution in [2.45, 2.75) is 12.2 Å². The molecule has 160 valence electrons. The highest BCUT2D eigenvalue weighted by Crippen LogP contribution is 2.29. The summed E-state index contributed by atoms with van der Waals surface area (Å²) in [6, 6.07) is 13.1. The van der Waals surface area contributed by atoms with Gasteiger partial charge in [0, 0.05) is 41.6 Å². The molecule has 3 rings (SSSR count). The minimum Gasteiger partial charge on any atom is -0.490 e. The molecular formula is C21H24BrN3O4S. The first kappa shape index (κ1) is 22.4. The number of ether oxygens (including phenoxy) is 1. The Balaban J connectivity index is 1.39. The predicted molar refractivity (Wildman–Crippen MR) is 123 cm³/mol. The average molecular weight is 494 g/mol. The predicted octanol–water partition coefficient (Wildman–Crippen LogP) is 4.24. The maximum Gasteiger partial charge on any atom is 0.311 e. The number of rotatable bonds is 9. The molecule has 1 atom stereocenters. The molecular weight excluding hydrogens is 470 g/mol. The van der Waals surface area contributed by atoms with E-state index < -0.39 is 4.92 Å². The Morgan fingerprint density at radius 3 is 2.93 bits per heavy atom. The number of nitrogens with zero attached hydrogens (tertiary/aromatic N) is 2. The first-order valence-corrected chi connectivity index (χ1v) is 11.6. The molecule has 0 saturated carbocycles. The van der Waals surface area contributed by atoms with Crippen LogP contribution in [0.5, 0.6) is 5.75 Å². The van der Waals surface area contributed by atoms with E-state index in [0.29, 0.717) is 24.0 Å². The number of halogens is 1. The fourth-order valence-electron chi connectivity index (χ4n) is 3.45. The summed E-state index contributed by atoms with van der Waals surface area (Å²) >= 11 is 4.95. The van der Waals surface area contributed by atoms with Crippen LogP contribution in [0, 0.1) is 16.0 Å². The van der Waals surface area contributed by atoms with Crippen LogP contribution >= 0.6 is 27.7 Å². The summed E-state index contributed by atoms with van der Waals surface area (Å²) in [5.74, 6) is 1.51. The van der Waals surface area contributed by atoms with Crippen LogP contribution in [0.2, 0.25) is 0 Å². The van der Waals surface area contributed by atoms with Crippen molar-refractivity contribution in [2.75, 3.05) is 37.4 Å². The van der Waals surface area contributed by atoms with Gasteiger partial charge < -0.3 is 15.0 Å². The molecule has 1 saturated heterocycles. The van der Waals surface area contributed by atoms with Crippen LogP contribution in [0.3, 0.4) is 0 Å². The zero-order valence-corrected chi connectivity index (χ0v) is 19.1. The van der Waals surface area contributed by atoms with Gasteiger partial charge in [-0.2, -0.15) is 0 Å². The highest BCUT2D eigenvalue weighted by atomic mass is 79.9. The van der Waals surface area contributed by atoms with Gasteiger partial charge in [0.05, 0.1) is 17.8 Å². The van der Waals surface area contributed by atoms with Gasteiger partial charge in [0.1, 0.15) is 0 Å². The molecule has 0 spiro atoms. The van der Waals surface area contributed by atoms with Gasteiger partial charge in [0.2, 0.25) is 5.91 Å². The minimum absolute atomic E-state index is 0.0103. The van der Waals surface area contributed by atoms with Crippen LogP contribution in [-0.2, 0) is 10.5 Å². The number of methoxy groups -OCH3 is 1. The van der Waals surface area contributed by atoms with Crippen molar-refractivity contribution in [1.29, 1.82) is 0 Å². The third-order valence-electron chi connectivity index (χ3n) is 4.99. The summed E-state index contributed by atoms with van der Waals surface area (Å²) in [7, 11) is 1.41. The number of benzene rings is 2. The van der Waals surface area contributed by atoms with E-state index >= 15 is 0 Å². The number of nitro benzene ring substituents is 1. The number of hydrogen-bond donors (Lipinski definition) is 1. The second-order valence-corrected chi connectivity index (χ2v) is 9.04. The lowest BCUT2D eigenvalue weighted by atomic mass is 10.1. The third kappa shape index (κ3) is 6.12. The van der Waals surface area contributed by atoms with Crippen LogP contribution < -0.4 is 15.0 Å². The highest BCUT2D eigenvalue weighted by Gasteiger charge is 2.23. The van der Waals surface area contributed by atoms with Gasteiger partial charge in [-0.3, -0.25) is 14.9 Å². The summed E-state index contributed by atoms with van der Waals surface area (Å²) in [6.07, 6.45) is 1.05. The molecule has 0 aromatic heterocycles. The number of anilines is 1. The number of thioether (sulfide) groups is 1. The Labute approximate surface area is 188 Å². The zero-order chi connectivity index (χ0) is 21.5. The number of carbonyl (C=O) groups excluding carboxylic acids is 1. The van der Waals surface area contributed by atoms with E-state index in [9.17, 15) is 14.9 Å². The molecule has 0 bridgehead atoms. The first-order chi connectivity index (χ1) is 14.5. The molecule has 0 aliphatic carbocycles. The quantitative estimate of drug-likeness (QED) is 0.415. The number of nitro groups is 1. The fraction of sp³-hybridized carbons (Fsp3) is 0.381. The molecule has 1 heterocycles. The van der Waals surface area contributed by atoms with E-state index in [1.807, 2.05) is 12.1 Å².